The van der Waals surface area contributed by atoms with Crippen LogP contribution in [0.5, 0.6) is 5.75 Å². The number of nitrogens with zero attached hydrogens (tertiary/aromatic N) is 3. The monoisotopic (exact) mass is 419 g/mol. The van der Waals surface area contributed by atoms with Gasteiger partial charge in [0, 0.05) is 50.4 Å². The third-order valence-electron chi connectivity index (χ3n) is 5.76. The number of fused-ring (bicyclic) bond motifs is 1. The molecular weight excluding hydrogens is 394 g/mol. The Morgan fingerprint density at radius 2 is 2.28 bits per heavy atom. The summed E-state index contributed by atoms with van der Waals surface area (Å²) in [7, 11) is -1.64. The molecule has 0 saturated carbocycles. The number of aromatic nitrogens is 3. The fraction of sp³-hybridized carbons (Fsp3) is 0.526. The predicted molar refractivity (Wildman–Crippen MR) is 106 cm³/mol. The number of carbonyl (C=O) groups excluding carboxylic acids is 1. The zero-order valence-electron chi connectivity index (χ0n) is 16.2. The van der Waals surface area contributed by atoms with Gasteiger partial charge in [0.2, 0.25) is 5.91 Å². The van der Waals surface area contributed by atoms with E-state index in [0.29, 0.717) is 38.2 Å². The van der Waals surface area contributed by atoms with E-state index in [1.165, 1.54) is 0 Å². The molecule has 0 radical (unpaired) electrons. The molecule has 0 aromatic carbocycles. The van der Waals surface area contributed by atoms with Gasteiger partial charge in [0.05, 0.1) is 30.0 Å². The summed E-state index contributed by atoms with van der Waals surface area (Å²) >= 11 is 0. The van der Waals surface area contributed by atoms with Crippen LogP contribution in [0, 0.1) is 5.92 Å². The summed E-state index contributed by atoms with van der Waals surface area (Å²) in [5, 5.41) is 9.10. The summed E-state index contributed by atoms with van der Waals surface area (Å²) in [6.45, 7) is 1.58. The Morgan fingerprint density at radius 1 is 1.41 bits per heavy atom. The Labute approximate surface area is 169 Å². The quantitative estimate of drug-likeness (QED) is 0.656. The van der Waals surface area contributed by atoms with Gasteiger partial charge in [0.15, 0.2) is 9.84 Å². The molecule has 0 bridgehead atoms. The van der Waals surface area contributed by atoms with Crippen molar-refractivity contribution >= 4 is 15.7 Å². The van der Waals surface area contributed by atoms with Crippen molar-refractivity contribution in [3.8, 4) is 5.75 Å². The number of aromatic amines is 1. The number of carbonyl (C=O) groups is 1. The molecule has 1 amide bonds. The number of aryl methyl sites for hydroxylation is 1. The van der Waals surface area contributed by atoms with Crippen molar-refractivity contribution in [3.63, 3.8) is 0 Å². The van der Waals surface area contributed by atoms with Gasteiger partial charge in [0.1, 0.15) is 5.75 Å². The Balaban J connectivity index is 1.39. The van der Waals surface area contributed by atoms with E-state index < -0.39 is 15.1 Å². The Hall–Kier alpha value is -2.46. The highest BCUT2D eigenvalue weighted by Crippen LogP contribution is 2.35. The Kier molecular flexibility index (Phi) is 5.55. The summed E-state index contributed by atoms with van der Waals surface area (Å²) in [4.78, 5) is 18.8. The fourth-order valence-electron chi connectivity index (χ4n) is 4.31. The van der Waals surface area contributed by atoms with Crippen LogP contribution in [0.3, 0.4) is 0 Å². The second-order valence-corrected chi connectivity index (χ2v) is 9.92. The normalized spacial score (nSPS) is 25.6. The van der Waals surface area contributed by atoms with Crippen molar-refractivity contribution in [2.45, 2.75) is 30.7 Å². The van der Waals surface area contributed by atoms with Crippen molar-refractivity contribution in [1.29, 1.82) is 0 Å². The number of methoxy groups -OCH3 is 1. The Bertz CT molecular complexity index is 963. The molecule has 29 heavy (non-hydrogen) atoms. The van der Waals surface area contributed by atoms with Crippen LogP contribution >= 0.6 is 0 Å². The molecule has 2 aromatic rings. The second-order valence-electron chi connectivity index (χ2n) is 7.66. The fourth-order valence-corrected chi connectivity index (χ4v) is 6.64. The van der Waals surface area contributed by atoms with Gasteiger partial charge in [-0.25, -0.2) is 8.42 Å². The molecule has 2 aromatic heterocycles. The number of nitrogens with one attached hydrogen (secondary N) is 2. The van der Waals surface area contributed by atoms with Crippen LogP contribution in [0.1, 0.15) is 17.7 Å². The van der Waals surface area contributed by atoms with Crippen molar-refractivity contribution in [3.05, 3.63) is 42.0 Å². The number of H-pyrrole nitrogens is 1. The van der Waals surface area contributed by atoms with Gasteiger partial charge in [-0.3, -0.25) is 19.8 Å². The molecule has 10 heteroatoms. The third kappa shape index (κ3) is 4.27. The number of amides is 1. The zero-order chi connectivity index (χ0) is 20.4. The van der Waals surface area contributed by atoms with Crippen LogP contribution in [-0.2, 0) is 27.6 Å². The highest BCUT2D eigenvalue weighted by molar-refractivity contribution is 7.92. The minimum atomic E-state index is -3.24. The topological polar surface area (TPSA) is 117 Å². The highest BCUT2D eigenvalue weighted by Gasteiger charge is 2.52. The summed E-state index contributed by atoms with van der Waals surface area (Å²) in [6.07, 6.45) is 6.02. The van der Waals surface area contributed by atoms with Gasteiger partial charge in [-0.1, -0.05) is 0 Å². The first-order valence-corrected chi connectivity index (χ1v) is 11.4. The highest BCUT2D eigenvalue weighted by atomic mass is 32.2. The number of sulfone groups is 1. The molecule has 2 fully saturated rings. The first-order valence-electron chi connectivity index (χ1n) is 9.65. The van der Waals surface area contributed by atoms with Gasteiger partial charge in [-0.05, 0) is 24.1 Å². The van der Waals surface area contributed by atoms with Gasteiger partial charge in [0.25, 0.3) is 0 Å². The predicted octanol–water partition coefficient (Wildman–Crippen LogP) is 0.160. The molecule has 9 nitrogen and oxygen atoms in total. The summed E-state index contributed by atoms with van der Waals surface area (Å²) in [6, 6.07) is 3.30. The average molecular weight is 420 g/mol. The van der Waals surface area contributed by atoms with Gasteiger partial charge in [-0.2, -0.15) is 5.10 Å². The SMILES string of the molecule is COc1cccnc1CN1C[C@H]2[C@H](NC(=O)CCc3cn[nH]c3)CS(=O)(=O)[C@H]2C1. The molecule has 2 aliphatic heterocycles. The standard InChI is InChI=1S/C19H25N5O4S/c1-28-17-3-2-6-20-15(17)10-24-9-14-16(12-29(26,27)18(14)11-24)23-19(25)5-4-13-7-21-22-8-13/h2-3,6-8,14,16,18H,4-5,9-12H2,1H3,(H,21,22)(H,23,25)/t14-,16+,18-/m0/s1. The van der Waals surface area contributed by atoms with Crippen molar-refractivity contribution in [2.24, 2.45) is 5.92 Å². The molecular formula is C19H25N5O4S. The average Bonchev–Trinajstić information content (AvgIpc) is 3.40. The third-order valence-corrected chi connectivity index (χ3v) is 8.00. The molecule has 2 saturated heterocycles. The number of hydrogen-bond donors (Lipinski definition) is 2. The van der Waals surface area contributed by atoms with E-state index in [-0.39, 0.29) is 23.6 Å². The van der Waals surface area contributed by atoms with E-state index in [9.17, 15) is 13.2 Å². The van der Waals surface area contributed by atoms with Crippen LogP contribution in [0.25, 0.3) is 0 Å². The lowest BCUT2D eigenvalue weighted by Crippen LogP contribution is -2.42. The van der Waals surface area contributed by atoms with Crippen LogP contribution < -0.4 is 10.1 Å². The minimum absolute atomic E-state index is 0.0144. The maximum atomic E-state index is 12.7. The maximum Gasteiger partial charge on any atom is 0.220 e. The van der Waals surface area contributed by atoms with Crippen molar-refractivity contribution in [1.82, 2.24) is 25.4 Å². The largest absolute Gasteiger partial charge is 0.495 e. The lowest BCUT2D eigenvalue weighted by atomic mass is 10.0. The van der Waals surface area contributed by atoms with E-state index in [0.717, 1.165) is 11.3 Å². The Morgan fingerprint density at radius 3 is 3.03 bits per heavy atom. The maximum absolute atomic E-state index is 12.7. The van der Waals surface area contributed by atoms with E-state index in [1.807, 2.05) is 6.07 Å². The first kappa shape index (κ1) is 19.8. The number of pyridine rings is 1. The number of ether oxygens (including phenoxy) is 1. The van der Waals surface area contributed by atoms with E-state index >= 15 is 0 Å². The van der Waals surface area contributed by atoms with Gasteiger partial charge >= 0.3 is 0 Å². The van der Waals surface area contributed by atoms with Gasteiger partial charge in [-0.15, -0.1) is 0 Å². The van der Waals surface area contributed by atoms with E-state index in [2.05, 4.69) is 25.4 Å². The number of hydrogen-bond acceptors (Lipinski definition) is 7. The lowest BCUT2D eigenvalue weighted by molar-refractivity contribution is -0.121. The molecule has 4 rings (SSSR count). The summed E-state index contributed by atoms with van der Waals surface area (Å²) in [5.41, 5.74) is 1.74. The molecule has 3 atom stereocenters. The molecule has 0 unspecified atom stereocenters. The van der Waals surface area contributed by atoms with E-state index in [1.54, 1.807) is 31.8 Å². The molecule has 0 aliphatic carbocycles. The van der Waals surface area contributed by atoms with Crippen molar-refractivity contribution in [2.75, 3.05) is 26.0 Å². The second kappa shape index (κ2) is 8.11. The lowest BCUT2D eigenvalue weighted by Gasteiger charge is -2.21. The van der Waals surface area contributed by atoms with Gasteiger partial charge < -0.3 is 10.1 Å². The molecule has 2 aliphatic rings. The zero-order valence-corrected chi connectivity index (χ0v) is 17.1. The minimum Gasteiger partial charge on any atom is -0.495 e. The molecule has 2 N–H and O–H groups in total. The van der Waals surface area contributed by atoms with Crippen LogP contribution in [0.4, 0.5) is 0 Å². The molecule has 156 valence electrons. The summed E-state index contributed by atoms with van der Waals surface area (Å²) in [5.74, 6) is 0.474. The number of rotatable bonds is 7. The van der Waals surface area contributed by atoms with Crippen LogP contribution in [0.2, 0.25) is 0 Å². The molecule has 0 spiro atoms. The van der Waals surface area contributed by atoms with Crippen LogP contribution in [0.15, 0.2) is 30.7 Å². The van der Waals surface area contributed by atoms with Crippen molar-refractivity contribution < 1.29 is 17.9 Å². The number of likely N-dealkylation sites (tertiary alicyclic amines) is 1. The smallest absolute Gasteiger partial charge is 0.220 e. The summed E-state index contributed by atoms with van der Waals surface area (Å²) < 4.78 is 30.7. The molecule has 4 heterocycles. The van der Waals surface area contributed by atoms with E-state index in [4.69, 9.17) is 4.74 Å². The van der Waals surface area contributed by atoms with Crippen LogP contribution in [-0.4, -0.2) is 71.7 Å². The first-order chi connectivity index (χ1) is 14.0.